The smallest absolute Gasteiger partial charge is 0.115 e. The van der Waals surface area contributed by atoms with E-state index in [1.165, 1.54) is 6.54 Å². The van der Waals surface area contributed by atoms with Crippen molar-refractivity contribution < 1.29 is 9.59 Å². The molecular formula is C11H20NO+. The third-order valence-corrected chi connectivity index (χ3v) is 1.70. The van der Waals surface area contributed by atoms with Gasteiger partial charge >= 0.3 is 0 Å². The first-order valence-corrected chi connectivity index (χ1v) is 4.50. The molecule has 0 aromatic heterocycles. The Morgan fingerprint density at radius 1 is 1.08 bits per heavy atom. The van der Waals surface area contributed by atoms with Gasteiger partial charge in [0.15, 0.2) is 0 Å². The number of para-hydroxylation sites is 1. The van der Waals surface area contributed by atoms with Crippen LogP contribution in [-0.2, 0) is 0 Å². The fraction of sp³-hybridized carbons (Fsp3) is 0.455. The van der Waals surface area contributed by atoms with Crippen molar-refractivity contribution in [3.05, 3.63) is 30.3 Å². The first-order valence-electron chi connectivity index (χ1n) is 4.50. The number of aromatic hydroxyl groups is 1. The Morgan fingerprint density at radius 3 is 1.62 bits per heavy atom. The van der Waals surface area contributed by atoms with Gasteiger partial charge in [-0.2, -0.15) is 0 Å². The molecule has 74 valence electrons. The van der Waals surface area contributed by atoms with Crippen molar-refractivity contribution in [1.29, 1.82) is 0 Å². The summed E-state index contributed by atoms with van der Waals surface area (Å²) in [6, 6.07) is 8.71. The zero-order valence-electron chi connectivity index (χ0n) is 8.99. The van der Waals surface area contributed by atoms with E-state index in [1.54, 1.807) is 24.3 Å². The Kier molecular flexibility index (Phi) is 5.16. The fourth-order valence-electron chi connectivity index (χ4n) is 0.428. The molecule has 13 heavy (non-hydrogen) atoms. The molecule has 0 heterocycles. The third-order valence-electron chi connectivity index (χ3n) is 1.70. The second kappa shape index (κ2) is 5.60. The molecule has 2 heteroatoms. The molecule has 1 aromatic rings. The number of quaternary nitrogens is 1. The fourth-order valence-corrected chi connectivity index (χ4v) is 0.428. The Bertz CT molecular complexity index is 213. The van der Waals surface area contributed by atoms with E-state index in [-0.39, 0.29) is 0 Å². The van der Waals surface area contributed by atoms with Gasteiger partial charge in [-0.1, -0.05) is 18.2 Å². The van der Waals surface area contributed by atoms with Crippen molar-refractivity contribution in [2.24, 2.45) is 0 Å². The Hall–Kier alpha value is -1.02. The quantitative estimate of drug-likeness (QED) is 0.659. The number of hydrogen-bond donors (Lipinski definition) is 1. The van der Waals surface area contributed by atoms with E-state index in [4.69, 9.17) is 5.11 Å². The number of benzene rings is 1. The zero-order valence-corrected chi connectivity index (χ0v) is 8.99. The van der Waals surface area contributed by atoms with E-state index in [2.05, 4.69) is 28.1 Å². The zero-order chi connectivity index (χ0) is 10.3. The number of rotatable bonds is 1. The van der Waals surface area contributed by atoms with Crippen molar-refractivity contribution in [1.82, 2.24) is 0 Å². The van der Waals surface area contributed by atoms with Gasteiger partial charge in [0, 0.05) is 0 Å². The maximum Gasteiger partial charge on any atom is 0.115 e. The maximum absolute atomic E-state index is 8.63. The van der Waals surface area contributed by atoms with E-state index >= 15 is 0 Å². The van der Waals surface area contributed by atoms with Crippen LogP contribution in [0.5, 0.6) is 5.75 Å². The van der Waals surface area contributed by atoms with Crippen LogP contribution in [0.25, 0.3) is 0 Å². The average Bonchev–Trinajstić information content (AvgIpc) is 2.06. The van der Waals surface area contributed by atoms with Gasteiger partial charge in [-0.05, 0) is 19.1 Å². The van der Waals surface area contributed by atoms with E-state index in [1.807, 2.05) is 6.07 Å². The summed E-state index contributed by atoms with van der Waals surface area (Å²) in [6.07, 6.45) is 0. The van der Waals surface area contributed by atoms with Crippen LogP contribution < -0.4 is 0 Å². The van der Waals surface area contributed by atoms with Crippen LogP contribution >= 0.6 is 0 Å². The monoisotopic (exact) mass is 182 g/mol. The average molecular weight is 182 g/mol. The summed E-state index contributed by atoms with van der Waals surface area (Å²) in [5, 5.41) is 8.63. The van der Waals surface area contributed by atoms with Gasteiger partial charge in [-0.3, -0.25) is 0 Å². The molecule has 0 aliphatic rings. The molecule has 0 saturated heterocycles. The van der Waals surface area contributed by atoms with Gasteiger partial charge in [0.25, 0.3) is 0 Å². The summed E-state index contributed by atoms with van der Waals surface area (Å²) < 4.78 is 1.07. The lowest BCUT2D eigenvalue weighted by Crippen LogP contribution is -2.33. The van der Waals surface area contributed by atoms with Crippen molar-refractivity contribution in [2.45, 2.75) is 6.92 Å². The van der Waals surface area contributed by atoms with E-state index < -0.39 is 0 Å². The molecule has 0 aliphatic heterocycles. The molecule has 1 N–H and O–H groups in total. The highest BCUT2D eigenvalue weighted by atomic mass is 16.3. The van der Waals surface area contributed by atoms with Gasteiger partial charge in [0.05, 0.1) is 27.7 Å². The molecule has 0 aliphatic carbocycles. The van der Waals surface area contributed by atoms with Crippen LogP contribution in [0.4, 0.5) is 0 Å². The summed E-state index contributed by atoms with van der Waals surface area (Å²) in [4.78, 5) is 0. The molecule has 0 spiro atoms. The lowest BCUT2D eigenvalue weighted by Gasteiger charge is -2.20. The topological polar surface area (TPSA) is 20.2 Å². The SMILES string of the molecule is CC[N+](C)(C)C.Oc1ccccc1. The minimum absolute atomic E-state index is 0.322. The molecule has 1 aromatic carbocycles. The van der Waals surface area contributed by atoms with Gasteiger partial charge in [-0.25, -0.2) is 0 Å². The largest absolute Gasteiger partial charge is 0.508 e. The summed E-state index contributed by atoms with van der Waals surface area (Å²) in [5.41, 5.74) is 0. The van der Waals surface area contributed by atoms with Gasteiger partial charge < -0.3 is 9.59 Å². The Balaban J connectivity index is 0.000000226. The molecule has 0 amide bonds. The van der Waals surface area contributed by atoms with E-state index in [9.17, 15) is 0 Å². The van der Waals surface area contributed by atoms with E-state index in [0.29, 0.717) is 5.75 Å². The molecular weight excluding hydrogens is 162 g/mol. The highest BCUT2D eigenvalue weighted by molar-refractivity contribution is 5.18. The summed E-state index contributed by atoms with van der Waals surface area (Å²) in [6.45, 7) is 3.39. The molecule has 0 bridgehead atoms. The highest BCUT2D eigenvalue weighted by Gasteiger charge is 1.97. The predicted octanol–water partition coefficient (Wildman–Crippen LogP) is 2.10. The molecule has 1 rings (SSSR count). The summed E-state index contributed by atoms with van der Waals surface area (Å²) in [5.74, 6) is 0.322. The van der Waals surface area contributed by atoms with Crippen molar-refractivity contribution >= 4 is 0 Å². The molecule has 2 nitrogen and oxygen atoms in total. The second-order valence-electron chi connectivity index (χ2n) is 3.94. The van der Waals surface area contributed by atoms with Gasteiger partial charge in [-0.15, -0.1) is 0 Å². The van der Waals surface area contributed by atoms with Crippen LogP contribution in [-0.4, -0.2) is 37.3 Å². The molecule has 0 saturated carbocycles. The number of nitrogens with zero attached hydrogens (tertiary/aromatic N) is 1. The third kappa shape index (κ3) is 8.89. The first-order chi connectivity index (χ1) is 5.95. The van der Waals surface area contributed by atoms with Crippen molar-refractivity contribution in [3.8, 4) is 5.75 Å². The highest BCUT2D eigenvalue weighted by Crippen LogP contribution is 2.02. The summed E-state index contributed by atoms with van der Waals surface area (Å²) >= 11 is 0. The van der Waals surface area contributed by atoms with Gasteiger partial charge in [0.1, 0.15) is 5.75 Å². The van der Waals surface area contributed by atoms with E-state index in [0.717, 1.165) is 4.48 Å². The lowest BCUT2D eigenvalue weighted by atomic mass is 10.3. The van der Waals surface area contributed by atoms with Crippen LogP contribution in [0.3, 0.4) is 0 Å². The molecule has 0 fully saturated rings. The minimum Gasteiger partial charge on any atom is -0.508 e. The number of phenolic OH excluding ortho intramolecular Hbond substituents is 1. The normalized spacial score (nSPS) is 10.2. The second-order valence-corrected chi connectivity index (χ2v) is 3.94. The Labute approximate surface area is 81.0 Å². The first kappa shape index (κ1) is 12.0. The van der Waals surface area contributed by atoms with Crippen LogP contribution in [0.15, 0.2) is 30.3 Å². The Morgan fingerprint density at radius 2 is 1.46 bits per heavy atom. The molecule has 0 radical (unpaired) electrons. The summed E-state index contributed by atoms with van der Waals surface area (Å²) in [7, 11) is 6.54. The molecule has 0 atom stereocenters. The number of phenols is 1. The molecule has 0 unspecified atom stereocenters. The van der Waals surface area contributed by atoms with Crippen LogP contribution in [0, 0.1) is 0 Å². The predicted molar refractivity (Wildman–Crippen MR) is 56.7 cm³/mol. The van der Waals surface area contributed by atoms with Crippen LogP contribution in [0.2, 0.25) is 0 Å². The van der Waals surface area contributed by atoms with Gasteiger partial charge in [0.2, 0.25) is 0 Å². The number of hydrogen-bond acceptors (Lipinski definition) is 1. The van der Waals surface area contributed by atoms with Crippen molar-refractivity contribution in [2.75, 3.05) is 27.7 Å². The standard InChI is InChI=1S/C6H6O.C5H14N/c7-6-4-2-1-3-5-6;1-5-6(2,3)4/h1-5,7H;5H2,1-4H3/q;+1. The van der Waals surface area contributed by atoms with Crippen LogP contribution in [0.1, 0.15) is 6.92 Å². The minimum atomic E-state index is 0.322. The van der Waals surface area contributed by atoms with Crippen molar-refractivity contribution in [3.63, 3.8) is 0 Å². The lowest BCUT2D eigenvalue weighted by molar-refractivity contribution is -0.868. The maximum atomic E-state index is 8.63.